The molecule has 1 aliphatic heterocycles. The van der Waals surface area contributed by atoms with Crippen LogP contribution in [0, 0.1) is 0 Å². The third-order valence-electron chi connectivity index (χ3n) is 1.82. The van der Waals surface area contributed by atoms with Crippen molar-refractivity contribution in [2.45, 2.75) is 25.9 Å². The highest BCUT2D eigenvalue weighted by molar-refractivity contribution is 4.71. The zero-order valence-electron chi connectivity index (χ0n) is 5.43. The minimum Gasteiger partial charge on any atom is -0.316 e. The lowest BCUT2D eigenvalue weighted by molar-refractivity contribution is 0.273. The lowest BCUT2D eigenvalue weighted by Crippen LogP contribution is -2.35. The molecule has 1 fully saturated rings. The van der Waals surface area contributed by atoms with Gasteiger partial charge in [-0.1, -0.05) is 6.92 Å². The van der Waals surface area contributed by atoms with E-state index in [1.165, 1.54) is 19.4 Å². The molecule has 0 aromatic carbocycles. The predicted octanol–water partition coefficient (Wildman–Crippen LogP) is 0.387. The highest BCUT2D eigenvalue weighted by atomic mass is 15.2. The molecule has 48 valence electrons. The summed E-state index contributed by atoms with van der Waals surface area (Å²) in [6, 6.07) is 0. The molecule has 1 rings (SSSR count). The number of likely N-dealkylation sites (tertiary alicyclic amines) is 1. The smallest absolute Gasteiger partial charge is 0.0572 e. The molecule has 1 atom stereocenters. The lowest BCUT2D eigenvalue weighted by Gasteiger charge is -2.17. The fourth-order valence-corrected chi connectivity index (χ4v) is 1.24. The van der Waals surface area contributed by atoms with Crippen molar-refractivity contribution >= 4 is 0 Å². The SMILES string of the molecule is CCN1CCC[C@H]1N. The summed E-state index contributed by atoms with van der Waals surface area (Å²) in [6.07, 6.45) is 2.84. The Morgan fingerprint density at radius 1 is 1.75 bits per heavy atom. The third kappa shape index (κ3) is 1.01. The summed E-state index contributed by atoms with van der Waals surface area (Å²) >= 11 is 0. The molecule has 0 radical (unpaired) electrons. The van der Waals surface area contributed by atoms with Crippen LogP contribution in [0.1, 0.15) is 19.8 Å². The van der Waals surface area contributed by atoms with Crippen molar-refractivity contribution < 1.29 is 0 Å². The summed E-state index contributed by atoms with van der Waals surface area (Å²) in [7, 11) is 0. The van der Waals surface area contributed by atoms with Crippen molar-refractivity contribution in [3.8, 4) is 0 Å². The summed E-state index contributed by atoms with van der Waals surface area (Å²) in [4.78, 5) is 2.31. The van der Waals surface area contributed by atoms with E-state index in [9.17, 15) is 0 Å². The summed E-state index contributed by atoms with van der Waals surface area (Å²) in [5, 5.41) is 0. The molecule has 1 heterocycles. The molecule has 0 aliphatic carbocycles. The van der Waals surface area contributed by atoms with E-state index in [2.05, 4.69) is 11.8 Å². The van der Waals surface area contributed by atoms with E-state index < -0.39 is 0 Å². The zero-order chi connectivity index (χ0) is 5.98. The molecule has 0 amide bonds. The van der Waals surface area contributed by atoms with Crippen LogP contribution in [0.3, 0.4) is 0 Å². The van der Waals surface area contributed by atoms with Gasteiger partial charge in [0.2, 0.25) is 0 Å². The summed E-state index contributed by atoms with van der Waals surface area (Å²) in [6.45, 7) is 4.48. The molecule has 1 aliphatic rings. The fourth-order valence-electron chi connectivity index (χ4n) is 1.24. The van der Waals surface area contributed by atoms with Gasteiger partial charge in [0.15, 0.2) is 0 Å². The molecule has 0 unspecified atom stereocenters. The van der Waals surface area contributed by atoms with Gasteiger partial charge in [-0.3, -0.25) is 4.90 Å². The Morgan fingerprint density at radius 3 is 2.75 bits per heavy atom. The van der Waals surface area contributed by atoms with Crippen LogP contribution >= 0.6 is 0 Å². The van der Waals surface area contributed by atoms with E-state index >= 15 is 0 Å². The average Bonchev–Trinajstić information content (AvgIpc) is 2.14. The van der Waals surface area contributed by atoms with E-state index in [1.54, 1.807) is 0 Å². The highest BCUT2D eigenvalue weighted by Crippen LogP contribution is 2.10. The van der Waals surface area contributed by atoms with Crippen LogP contribution in [0.2, 0.25) is 0 Å². The zero-order valence-corrected chi connectivity index (χ0v) is 5.43. The predicted molar refractivity (Wildman–Crippen MR) is 34.5 cm³/mol. The maximum atomic E-state index is 5.72. The van der Waals surface area contributed by atoms with E-state index in [0.717, 1.165) is 6.54 Å². The van der Waals surface area contributed by atoms with Gasteiger partial charge in [-0.15, -0.1) is 0 Å². The first-order valence-corrected chi connectivity index (χ1v) is 3.34. The average molecular weight is 114 g/mol. The molecule has 0 saturated carbocycles. The molecule has 2 nitrogen and oxygen atoms in total. The van der Waals surface area contributed by atoms with Gasteiger partial charge >= 0.3 is 0 Å². The number of nitrogens with zero attached hydrogens (tertiary/aromatic N) is 1. The van der Waals surface area contributed by atoms with Gasteiger partial charge in [-0.05, 0) is 25.9 Å². The second kappa shape index (κ2) is 2.46. The maximum absolute atomic E-state index is 5.72. The highest BCUT2D eigenvalue weighted by Gasteiger charge is 2.17. The molecule has 8 heavy (non-hydrogen) atoms. The number of hydrogen-bond acceptors (Lipinski definition) is 2. The Hall–Kier alpha value is -0.0800. The van der Waals surface area contributed by atoms with E-state index in [1.807, 2.05) is 0 Å². The Labute approximate surface area is 50.7 Å². The number of rotatable bonds is 1. The Kier molecular flexibility index (Phi) is 1.86. The van der Waals surface area contributed by atoms with Gasteiger partial charge in [0.05, 0.1) is 6.17 Å². The molecule has 2 heteroatoms. The normalized spacial score (nSPS) is 31.5. The molecule has 0 aromatic rings. The van der Waals surface area contributed by atoms with E-state index in [-0.39, 0.29) is 0 Å². The quantitative estimate of drug-likeness (QED) is 0.534. The summed E-state index contributed by atoms with van der Waals surface area (Å²) in [5.74, 6) is 0. The van der Waals surface area contributed by atoms with Crippen molar-refractivity contribution in [2.24, 2.45) is 5.73 Å². The number of nitrogens with two attached hydrogens (primary N) is 1. The fraction of sp³-hybridized carbons (Fsp3) is 1.00. The Morgan fingerprint density at radius 2 is 2.50 bits per heavy atom. The molecular weight excluding hydrogens is 100 g/mol. The van der Waals surface area contributed by atoms with Crippen molar-refractivity contribution in [2.75, 3.05) is 13.1 Å². The first-order valence-electron chi connectivity index (χ1n) is 3.34. The monoisotopic (exact) mass is 114 g/mol. The van der Waals surface area contributed by atoms with Gasteiger partial charge in [0.25, 0.3) is 0 Å². The van der Waals surface area contributed by atoms with Crippen LogP contribution in [-0.2, 0) is 0 Å². The largest absolute Gasteiger partial charge is 0.316 e. The Balaban J connectivity index is 2.30. The minimum atomic E-state index is 0.361. The van der Waals surface area contributed by atoms with Crippen LogP contribution in [0.4, 0.5) is 0 Å². The van der Waals surface area contributed by atoms with Gasteiger partial charge in [-0.2, -0.15) is 0 Å². The van der Waals surface area contributed by atoms with Crippen LogP contribution in [0.15, 0.2) is 0 Å². The standard InChI is InChI=1S/C6H14N2/c1-2-8-5-3-4-6(8)7/h6H,2-5,7H2,1H3/t6-/m0/s1. The van der Waals surface area contributed by atoms with Crippen molar-refractivity contribution in [3.63, 3.8) is 0 Å². The lowest BCUT2D eigenvalue weighted by atomic mass is 10.3. The molecule has 0 spiro atoms. The second-order valence-corrected chi connectivity index (χ2v) is 2.34. The van der Waals surface area contributed by atoms with Gasteiger partial charge in [0.1, 0.15) is 0 Å². The van der Waals surface area contributed by atoms with Crippen molar-refractivity contribution in [3.05, 3.63) is 0 Å². The van der Waals surface area contributed by atoms with Crippen molar-refractivity contribution in [1.82, 2.24) is 4.90 Å². The van der Waals surface area contributed by atoms with E-state index in [4.69, 9.17) is 5.73 Å². The van der Waals surface area contributed by atoms with Crippen LogP contribution in [0.5, 0.6) is 0 Å². The van der Waals surface area contributed by atoms with Crippen molar-refractivity contribution in [1.29, 1.82) is 0 Å². The van der Waals surface area contributed by atoms with Gasteiger partial charge in [-0.25, -0.2) is 0 Å². The first-order chi connectivity index (χ1) is 3.84. The first kappa shape index (κ1) is 6.05. The third-order valence-corrected chi connectivity index (χ3v) is 1.82. The van der Waals surface area contributed by atoms with Crippen LogP contribution in [0.25, 0.3) is 0 Å². The van der Waals surface area contributed by atoms with Gasteiger partial charge in [0, 0.05) is 0 Å². The van der Waals surface area contributed by atoms with Crippen LogP contribution in [-0.4, -0.2) is 24.2 Å². The Bertz CT molecular complexity index is 72.9. The topological polar surface area (TPSA) is 29.3 Å². The van der Waals surface area contributed by atoms with E-state index in [0.29, 0.717) is 6.17 Å². The summed E-state index contributed by atoms with van der Waals surface area (Å²) in [5.41, 5.74) is 5.72. The minimum absolute atomic E-state index is 0.361. The maximum Gasteiger partial charge on any atom is 0.0572 e. The molecule has 0 bridgehead atoms. The summed E-state index contributed by atoms with van der Waals surface area (Å²) < 4.78 is 0. The molecule has 0 aromatic heterocycles. The second-order valence-electron chi connectivity index (χ2n) is 2.34. The van der Waals surface area contributed by atoms with Crippen LogP contribution < -0.4 is 5.73 Å². The molecule has 2 N–H and O–H groups in total. The molecular formula is C6H14N2. The van der Waals surface area contributed by atoms with Gasteiger partial charge < -0.3 is 5.73 Å². The number of hydrogen-bond donors (Lipinski definition) is 1. The molecule has 1 saturated heterocycles.